The van der Waals surface area contributed by atoms with Gasteiger partial charge in [-0.2, -0.15) is 5.06 Å². The molecule has 2 unspecified atom stereocenters. The number of fused-ring (bicyclic) bond motifs is 1. The minimum Gasteiger partial charge on any atom is -0.495 e. The molecule has 3 aromatic carbocycles. The molecule has 3 aromatic rings. The quantitative estimate of drug-likeness (QED) is 0.315. The lowest BCUT2D eigenvalue weighted by Gasteiger charge is -2.24. The zero-order chi connectivity index (χ0) is 25.9. The molecule has 2 amide bonds. The molecule has 3 N–H and O–H groups in total. The molecule has 36 heavy (non-hydrogen) atoms. The van der Waals surface area contributed by atoms with Gasteiger partial charge in [-0.25, -0.2) is 13.2 Å². The van der Waals surface area contributed by atoms with E-state index >= 15 is 0 Å². The number of nitrogens with zero attached hydrogens (tertiary/aromatic N) is 1. The molecular weight excluding hydrogens is 478 g/mol. The van der Waals surface area contributed by atoms with E-state index in [1.807, 2.05) is 36.4 Å². The first-order valence-electron chi connectivity index (χ1n) is 11.8. The molecule has 1 heterocycles. The van der Waals surface area contributed by atoms with E-state index in [0.717, 1.165) is 24.1 Å². The lowest BCUT2D eigenvalue weighted by Crippen LogP contribution is -2.34. The number of anilines is 1. The van der Waals surface area contributed by atoms with Crippen molar-refractivity contribution < 1.29 is 23.2 Å². The highest BCUT2D eigenvalue weighted by molar-refractivity contribution is 7.90. The van der Waals surface area contributed by atoms with Crippen molar-refractivity contribution in [2.75, 3.05) is 12.4 Å². The summed E-state index contributed by atoms with van der Waals surface area (Å²) in [5.74, 6) is 0.0335. The Morgan fingerprint density at radius 1 is 1.14 bits per heavy atom. The van der Waals surface area contributed by atoms with E-state index < -0.39 is 21.9 Å². The summed E-state index contributed by atoms with van der Waals surface area (Å²) in [4.78, 5) is 12.7. The predicted octanol–water partition coefficient (Wildman–Crippen LogP) is 4.69. The Morgan fingerprint density at radius 2 is 1.89 bits per heavy atom. The number of methoxy groups -OCH3 is 1. The van der Waals surface area contributed by atoms with E-state index in [9.17, 15) is 18.4 Å². The SMILES string of the molecule is COc1cc(S(=O)(=O)Cc2ccc3c(c2)CC(C)NC3)ccc1NC(=O)N(O)C(C)c1ccccc1. The number of sulfone groups is 1. The summed E-state index contributed by atoms with van der Waals surface area (Å²) in [6, 6.07) is 18.2. The molecule has 0 spiro atoms. The molecule has 0 saturated carbocycles. The molecule has 0 aromatic heterocycles. The fourth-order valence-electron chi connectivity index (χ4n) is 4.31. The maximum atomic E-state index is 13.2. The van der Waals surface area contributed by atoms with E-state index in [1.165, 1.54) is 36.4 Å². The summed E-state index contributed by atoms with van der Waals surface area (Å²) in [5, 5.41) is 17.0. The van der Waals surface area contributed by atoms with Crippen molar-refractivity contribution in [1.82, 2.24) is 10.4 Å². The van der Waals surface area contributed by atoms with E-state index in [0.29, 0.717) is 11.1 Å². The molecule has 0 aliphatic carbocycles. The summed E-state index contributed by atoms with van der Waals surface area (Å²) < 4.78 is 31.7. The summed E-state index contributed by atoms with van der Waals surface area (Å²) in [7, 11) is -2.27. The van der Waals surface area contributed by atoms with E-state index in [-0.39, 0.29) is 22.1 Å². The van der Waals surface area contributed by atoms with Crippen LogP contribution in [0, 0.1) is 0 Å². The average molecular weight is 510 g/mol. The molecule has 0 bridgehead atoms. The van der Waals surface area contributed by atoms with Crippen LogP contribution in [0.25, 0.3) is 0 Å². The number of hydroxylamine groups is 2. The van der Waals surface area contributed by atoms with Crippen LogP contribution >= 0.6 is 0 Å². The van der Waals surface area contributed by atoms with Gasteiger partial charge in [-0.1, -0.05) is 48.5 Å². The van der Waals surface area contributed by atoms with Crippen LogP contribution in [-0.2, 0) is 28.6 Å². The van der Waals surface area contributed by atoms with Crippen LogP contribution in [0.1, 0.15) is 42.1 Å². The van der Waals surface area contributed by atoms with Gasteiger partial charge in [0.25, 0.3) is 0 Å². The summed E-state index contributed by atoms with van der Waals surface area (Å²) in [6.07, 6.45) is 0.857. The minimum absolute atomic E-state index is 0.0867. The third kappa shape index (κ3) is 5.70. The largest absolute Gasteiger partial charge is 0.495 e. The number of urea groups is 1. The monoisotopic (exact) mass is 509 g/mol. The van der Waals surface area contributed by atoms with Gasteiger partial charge in [-0.3, -0.25) is 5.21 Å². The van der Waals surface area contributed by atoms with Crippen molar-refractivity contribution in [3.8, 4) is 5.75 Å². The standard InChI is InChI=1S/C27H31N3O5S/c1-18-13-23-14-20(9-10-22(23)16-28-18)17-36(33,34)24-11-12-25(26(15-24)35-3)29-27(31)30(32)19(2)21-7-5-4-6-8-21/h4-12,14-15,18-19,28,32H,13,16-17H2,1-3H3,(H,29,31). The number of ether oxygens (including phenoxy) is 1. The molecule has 0 saturated heterocycles. The van der Waals surface area contributed by atoms with Crippen molar-refractivity contribution in [3.05, 3.63) is 89.0 Å². The molecule has 8 nitrogen and oxygen atoms in total. The molecule has 4 rings (SSSR count). The first kappa shape index (κ1) is 25.7. The number of nitrogens with one attached hydrogen (secondary N) is 2. The number of carbonyl (C=O) groups excluding carboxylic acids is 1. The Labute approximate surface area is 211 Å². The van der Waals surface area contributed by atoms with Crippen LogP contribution in [0.3, 0.4) is 0 Å². The van der Waals surface area contributed by atoms with Gasteiger partial charge in [0, 0.05) is 18.7 Å². The second-order valence-corrected chi connectivity index (χ2v) is 11.1. The maximum absolute atomic E-state index is 13.2. The van der Waals surface area contributed by atoms with Crippen molar-refractivity contribution in [2.45, 2.75) is 49.5 Å². The molecular formula is C27H31N3O5S. The Hall–Kier alpha value is -3.40. The van der Waals surface area contributed by atoms with Crippen LogP contribution in [0.2, 0.25) is 0 Å². The fourth-order valence-corrected chi connectivity index (χ4v) is 5.66. The van der Waals surface area contributed by atoms with Gasteiger partial charge in [0.1, 0.15) is 5.75 Å². The highest BCUT2D eigenvalue weighted by Crippen LogP contribution is 2.30. The normalized spacial score (nSPS) is 16.1. The molecule has 1 aliphatic heterocycles. The minimum atomic E-state index is -3.67. The topological polar surface area (TPSA) is 108 Å². The molecule has 1 aliphatic rings. The molecule has 9 heteroatoms. The number of hydrogen-bond acceptors (Lipinski definition) is 6. The highest BCUT2D eigenvalue weighted by Gasteiger charge is 2.23. The van der Waals surface area contributed by atoms with Crippen molar-refractivity contribution in [3.63, 3.8) is 0 Å². The molecule has 2 atom stereocenters. The molecule has 190 valence electrons. The second-order valence-electron chi connectivity index (χ2n) is 9.07. The number of hydrogen-bond donors (Lipinski definition) is 3. The number of amides is 2. The van der Waals surface area contributed by atoms with Gasteiger partial charge in [0.2, 0.25) is 0 Å². The van der Waals surface area contributed by atoms with E-state index in [4.69, 9.17) is 4.74 Å². The third-order valence-electron chi connectivity index (χ3n) is 6.43. The van der Waals surface area contributed by atoms with Gasteiger partial charge in [-0.05, 0) is 54.7 Å². The smallest absolute Gasteiger partial charge is 0.346 e. The Kier molecular flexibility index (Phi) is 7.63. The van der Waals surface area contributed by atoms with E-state index in [2.05, 4.69) is 17.6 Å². The van der Waals surface area contributed by atoms with Crippen LogP contribution in [-0.4, -0.2) is 37.9 Å². The van der Waals surface area contributed by atoms with Gasteiger partial charge < -0.3 is 15.4 Å². The second kappa shape index (κ2) is 10.7. The summed E-state index contributed by atoms with van der Waals surface area (Å²) in [6.45, 7) is 4.58. The molecule has 0 fully saturated rings. The van der Waals surface area contributed by atoms with Gasteiger partial charge in [0.05, 0.1) is 29.5 Å². The van der Waals surface area contributed by atoms with Gasteiger partial charge in [0.15, 0.2) is 9.84 Å². The van der Waals surface area contributed by atoms with Crippen LogP contribution in [0.5, 0.6) is 5.75 Å². The highest BCUT2D eigenvalue weighted by atomic mass is 32.2. The van der Waals surface area contributed by atoms with Crippen LogP contribution in [0.15, 0.2) is 71.6 Å². The third-order valence-corrected chi connectivity index (χ3v) is 8.11. The lowest BCUT2D eigenvalue weighted by molar-refractivity contribution is -0.0690. The van der Waals surface area contributed by atoms with Gasteiger partial charge >= 0.3 is 6.03 Å². The number of carbonyl (C=O) groups is 1. The first-order valence-corrected chi connectivity index (χ1v) is 13.4. The summed E-state index contributed by atoms with van der Waals surface area (Å²) >= 11 is 0. The fraction of sp³-hybridized carbons (Fsp3) is 0.296. The lowest BCUT2D eigenvalue weighted by atomic mass is 9.95. The first-order chi connectivity index (χ1) is 17.2. The Bertz CT molecular complexity index is 1340. The summed E-state index contributed by atoms with van der Waals surface area (Å²) in [5.41, 5.74) is 4.09. The molecule has 0 radical (unpaired) electrons. The zero-order valence-electron chi connectivity index (χ0n) is 20.6. The predicted molar refractivity (Wildman–Crippen MR) is 138 cm³/mol. The van der Waals surface area contributed by atoms with Crippen LogP contribution < -0.4 is 15.4 Å². The Balaban J connectivity index is 1.50. The van der Waals surface area contributed by atoms with Crippen molar-refractivity contribution in [1.29, 1.82) is 0 Å². The Morgan fingerprint density at radius 3 is 2.61 bits per heavy atom. The van der Waals surface area contributed by atoms with E-state index in [1.54, 1.807) is 19.1 Å². The zero-order valence-corrected chi connectivity index (χ0v) is 21.4. The maximum Gasteiger partial charge on any atom is 0.346 e. The number of rotatable bonds is 7. The van der Waals surface area contributed by atoms with Gasteiger partial charge in [-0.15, -0.1) is 0 Å². The number of benzene rings is 3. The van der Waals surface area contributed by atoms with Crippen LogP contribution in [0.4, 0.5) is 10.5 Å². The average Bonchev–Trinajstić information content (AvgIpc) is 2.87. The van der Waals surface area contributed by atoms with Crippen molar-refractivity contribution >= 4 is 21.6 Å². The van der Waals surface area contributed by atoms with Crippen molar-refractivity contribution in [2.24, 2.45) is 0 Å².